The van der Waals surface area contributed by atoms with Gasteiger partial charge in [-0.1, -0.05) is 41.9 Å². The Labute approximate surface area is 294 Å². The summed E-state index contributed by atoms with van der Waals surface area (Å²) < 4.78 is 47.4. The first-order chi connectivity index (χ1) is 24.1. The van der Waals surface area contributed by atoms with Crippen LogP contribution in [0.3, 0.4) is 0 Å². The summed E-state index contributed by atoms with van der Waals surface area (Å²) in [4.78, 5) is 32.4. The van der Waals surface area contributed by atoms with Gasteiger partial charge in [0.25, 0.3) is 5.92 Å². The lowest BCUT2D eigenvalue weighted by Crippen LogP contribution is -2.55. The highest BCUT2D eigenvalue weighted by atomic mass is 35.5. The zero-order valence-corrected chi connectivity index (χ0v) is 28.6. The van der Waals surface area contributed by atoms with Gasteiger partial charge in [0.15, 0.2) is 0 Å². The van der Waals surface area contributed by atoms with Gasteiger partial charge in [0, 0.05) is 67.9 Å². The standard InChI is InChI=1S/C35H39ClF3N9O2/c1-43-21-35(37,38)17-26(43)20-50-34-41-29-19-45(30-8-3-6-24-5-2-7-28(36)32(24)30)14-11-27(29)33(42-34)46-15-16-48(25(18-46)10-12-40)31(49)9-4-13-44-22-47(39)23-44/h2-9,25-26H,10-11,13-23H2,1H3/b9-4+/t25-,26-/m0/s1. The number of likely N-dealkylation sites (N-methyl/N-ethyl adjacent to an activating group) is 1. The number of carbonyl (C=O) groups excluding carboxylic acids is 1. The van der Waals surface area contributed by atoms with E-state index in [9.17, 15) is 23.3 Å². The molecule has 0 N–H and O–H groups in total. The Morgan fingerprint density at radius 2 is 1.92 bits per heavy atom. The number of nitriles is 1. The largest absolute Gasteiger partial charge is 0.462 e. The van der Waals surface area contributed by atoms with E-state index < -0.39 is 18.0 Å². The van der Waals surface area contributed by atoms with E-state index in [4.69, 9.17) is 26.3 Å². The molecule has 0 radical (unpaired) electrons. The number of piperazine rings is 1. The molecule has 0 bridgehead atoms. The van der Waals surface area contributed by atoms with Crippen LogP contribution in [0.15, 0.2) is 48.6 Å². The Kier molecular flexibility index (Phi) is 9.76. The highest BCUT2D eigenvalue weighted by Gasteiger charge is 2.43. The molecule has 0 unspecified atom stereocenters. The van der Waals surface area contributed by atoms with Crippen molar-refractivity contribution in [3.63, 3.8) is 0 Å². The van der Waals surface area contributed by atoms with Gasteiger partial charge >= 0.3 is 6.01 Å². The maximum Gasteiger partial charge on any atom is 0.318 e. The van der Waals surface area contributed by atoms with E-state index in [1.54, 1.807) is 22.9 Å². The van der Waals surface area contributed by atoms with Gasteiger partial charge in [0.2, 0.25) is 5.91 Å². The van der Waals surface area contributed by atoms with Crippen LogP contribution < -0.4 is 14.5 Å². The van der Waals surface area contributed by atoms with Gasteiger partial charge in [-0.25, -0.2) is 8.78 Å². The number of aromatic nitrogens is 2. The fraction of sp³-hybridized carbons (Fsp3) is 0.486. The van der Waals surface area contributed by atoms with Crippen LogP contribution in [0.2, 0.25) is 5.02 Å². The minimum Gasteiger partial charge on any atom is -0.462 e. The number of hydrogen-bond donors (Lipinski definition) is 0. The van der Waals surface area contributed by atoms with E-state index in [2.05, 4.69) is 15.9 Å². The van der Waals surface area contributed by atoms with Crippen molar-refractivity contribution in [3.05, 3.63) is 64.8 Å². The Hall–Kier alpha value is -4.16. The summed E-state index contributed by atoms with van der Waals surface area (Å²) in [5.41, 5.74) is 2.71. The first kappa shape index (κ1) is 34.3. The molecule has 3 saturated heterocycles. The quantitative estimate of drug-likeness (QED) is 0.234. The number of amides is 1. The lowest BCUT2D eigenvalue weighted by Gasteiger charge is -2.42. The normalized spacial score (nSPS) is 22.9. The number of carbonyl (C=O) groups is 1. The molecular weight excluding hydrogens is 671 g/mol. The first-order valence-electron chi connectivity index (χ1n) is 16.8. The van der Waals surface area contributed by atoms with Gasteiger partial charge in [-0.3, -0.25) is 14.6 Å². The molecule has 5 heterocycles. The molecule has 0 aliphatic carbocycles. The van der Waals surface area contributed by atoms with E-state index in [-0.39, 0.29) is 51.2 Å². The fourth-order valence-electron chi connectivity index (χ4n) is 7.40. The number of ether oxygens (including phenoxy) is 1. The monoisotopic (exact) mass is 709 g/mol. The van der Waals surface area contributed by atoms with Crippen LogP contribution in [0.1, 0.15) is 24.1 Å². The van der Waals surface area contributed by atoms with Crippen molar-refractivity contribution in [1.82, 2.24) is 29.8 Å². The zero-order valence-electron chi connectivity index (χ0n) is 27.8. The summed E-state index contributed by atoms with van der Waals surface area (Å²) in [5, 5.41) is 13.0. The number of rotatable bonds is 9. The number of halogens is 4. The smallest absolute Gasteiger partial charge is 0.318 e. The zero-order chi connectivity index (χ0) is 35.0. The minimum absolute atomic E-state index is 0.0133. The van der Waals surface area contributed by atoms with Crippen molar-refractivity contribution in [2.75, 3.05) is 76.1 Å². The van der Waals surface area contributed by atoms with Crippen LogP contribution >= 0.6 is 11.6 Å². The summed E-state index contributed by atoms with van der Waals surface area (Å²) in [5.74, 6) is -2.31. The van der Waals surface area contributed by atoms with Crippen LogP contribution in [-0.4, -0.2) is 120 Å². The maximum absolute atomic E-state index is 14.1. The van der Waals surface area contributed by atoms with Crippen LogP contribution in [-0.2, 0) is 17.8 Å². The summed E-state index contributed by atoms with van der Waals surface area (Å²) in [6.45, 7) is 2.91. The van der Waals surface area contributed by atoms with Gasteiger partial charge in [-0.15, -0.1) is 9.60 Å². The number of anilines is 2. The summed E-state index contributed by atoms with van der Waals surface area (Å²) in [6, 6.07) is 13.4. The van der Waals surface area contributed by atoms with Gasteiger partial charge < -0.3 is 19.4 Å². The third kappa shape index (κ3) is 7.18. The molecule has 0 spiro atoms. The second kappa shape index (κ2) is 14.2. The van der Waals surface area contributed by atoms with Crippen LogP contribution in [0, 0.1) is 11.3 Å². The summed E-state index contributed by atoms with van der Waals surface area (Å²) in [7, 11) is 1.66. The number of benzene rings is 2. The third-order valence-corrected chi connectivity index (χ3v) is 10.3. The average Bonchev–Trinajstić information content (AvgIpc) is 3.36. The molecule has 4 aliphatic heterocycles. The van der Waals surface area contributed by atoms with Crippen molar-refractivity contribution in [2.45, 2.75) is 43.8 Å². The molecule has 3 aromatic rings. The topological polar surface area (TPSA) is 95.3 Å². The molecule has 0 saturated carbocycles. The Morgan fingerprint density at radius 3 is 2.66 bits per heavy atom. The molecule has 1 aromatic heterocycles. The average molecular weight is 710 g/mol. The number of likely N-dealkylation sites (tertiary alicyclic amines) is 1. The van der Waals surface area contributed by atoms with Crippen molar-refractivity contribution in [2.24, 2.45) is 0 Å². The van der Waals surface area contributed by atoms with Gasteiger partial charge in [-0.2, -0.15) is 15.2 Å². The van der Waals surface area contributed by atoms with E-state index in [1.165, 1.54) is 6.08 Å². The predicted octanol–water partition coefficient (Wildman–Crippen LogP) is 4.47. The Morgan fingerprint density at radius 1 is 1.12 bits per heavy atom. The molecule has 1 amide bonds. The van der Waals surface area contributed by atoms with Crippen molar-refractivity contribution in [1.29, 1.82) is 5.26 Å². The van der Waals surface area contributed by atoms with Crippen LogP contribution in [0.4, 0.5) is 24.8 Å². The molecule has 3 fully saturated rings. The van der Waals surface area contributed by atoms with E-state index >= 15 is 0 Å². The second-order valence-corrected chi connectivity index (χ2v) is 13.9. The van der Waals surface area contributed by atoms with E-state index in [0.717, 1.165) is 27.7 Å². The SMILES string of the molecule is CN1CC(F)(F)C[C@H]1COc1nc2c(c(N3CCN(C(=O)/C=C/CN4CN(F)C4)[C@@H](CC#N)C3)n1)CCN(c1cccc3cccc(Cl)c13)C2. The predicted molar refractivity (Wildman–Crippen MR) is 184 cm³/mol. The van der Waals surface area contributed by atoms with Crippen molar-refractivity contribution in [3.8, 4) is 12.1 Å². The van der Waals surface area contributed by atoms with Gasteiger partial charge in [-0.05, 0) is 31.0 Å². The highest BCUT2D eigenvalue weighted by molar-refractivity contribution is 6.36. The van der Waals surface area contributed by atoms with Crippen LogP contribution in [0.25, 0.3) is 10.8 Å². The number of hydrogen-bond acceptors (Lipinski definition) is 10. The number of fused-ring (bicyclic) bond motifs is 2. The second-order valence-electron chi connectivity index (χ2n) is 13.5. The van der Waals surface area contributed by atoms with Crippen LogP contribution in [0.5, 0.6) is 6.01 Å². The molecule has 7 rings (SSSR count). The third-order valence-electron chi connectivity index (χ3n) is 9.96. The molecule has 264 valence electrons. The van der Waals surface area contributed by atoms with Crippen molar-refractivity contribution < 1.29 is 22.8 Å². The molecule has 2 aromatic carbocycles. The number of nitrogens with zero attached hydrogens (tertiary/aromatic N) is 9. The maximum atomic E-state index is 14.1. The minimum atomic E-state index is -2.78. The summed E-state index contributed by atoms with van der Waals surface area (Å²) in [6.07, 6.45) is 3.68. The fourth-order valence-corrected chi connectivity index (χ4v) is 7.68. The molecular formula is C35H39ClF3N9O2. The Balaban J connectivity index is 1.15. The highest BCUT2D eigenvalue weighted by Crippen LogP contribution is 2.38. The van der Waals surface area contributed by atoms with E-state index in [1.807, 2.05) is 41.3 Å². The molecule has 2 atom stereocenters. The van der Waals surface area contributed by atoms with Gasteiger partial charge in [0.05, 0.1) is 55.7 Å². The van der Waals surface area contributed by atoms with E-state index in [0.29, 0.717) is 61.7 Å². The lowest BCUT2D eigenvalue weighted by molar-refractivity contribution is -0.153. The Bertz CT molecular complexity index is 1810. The summed E-state index contributed by atoms with van der Waals surface area (Å²) >= 11 is 6.69. The molecule has 50 heavy (non-hydrogen) atoms. The lowest BCUT2D eigenvalue weighted by atomic mass is 10.0. The molecule has 15 heteroatoms. The first-order valence-corrected chi connectivity index (χ1v) is 17.2. The molecule has 11 nitrogen and oxygen atoms in total. The molecule has 4 aliphatic rings. The van der Waals surface area contributed by atoms with Gasteiger partial charge in [0.1, 0.15) is 12.4 Å². The number of alkyl halides is 2. The van der Waals surface area contributed by atoms with Crippen molar-refractivity contribution >= 4 is 39.8 Å².